The van der Waals surface area contributed by atoms with Crippen LogP contribution in [0.4, 0.5) is 0 Å². The summed E-state index contributed by atoms with van der Waals surface area (Å²) in [6.45, 7) is 4.43. The molecule has 4 nitrogen and oxygen atoms in total. The number of furan rings is 1. The van der Waals surface area contributed by atoms with Crippen LogP contribution in [0.5, 0.6) is 0 Å². The Morgan fingerprint density at radius 3 is 3.21 bits per heavy atom. The fraction of sp³-hybridized carbons (Fsp3) is 0.500. The first-order valence-corrected chi connectivity index (χ1v) is 4.83. The smallest absolute Gasteiger partial charge is 0.289 e. The number of carbonyl (C=O) groups excluding carboxylic acids is 1. The Labute approximate surface area is 82.9 Å². The summed E-state index contributed by atoms with van der Waals surface area (Å²) in [5.41, 5.74) is 0. The van der Waals surface area contributed by atoms with Crippen molar-refractivity contribution in [2.75, 3.05) is 19.6 Å². The van der Waals surface area contributed by atoms with Crippen molar-refractivity contribution in [3.05, 3.63) is 24.2 Å². The predicted octanol–water partition coefficient (Wildman–Crippen LogP) is 0.714. The maximum absolute atomic E-state index is 11.8. The zero-order valence-electron chi connectivity index (χ0n) is 8.19. The Hall–Kier alpha value is -1.29. The minimum atomic E-state index is -0.0108. The second kappa shape index (κ2) is 3.84. The minimum Gasteiger partial charge on any atom is -0.459 e. The monoisotopic (exact) mass is 194 g/mol. The Morgan fingerprint density at radius 2 is 2.57 bits per heavy atom. The zero-order chi connectivity index (χ0) is 9.97. The van der Waals surface area contributed by atoms with Crippen LogP contribution in [0.3, 0.4) is 0 Å². The molecule has 4 heteroatoms. The van der Waals surface area contributed by atoms with Gasteiger partial charge in [-0.25, -0.2) is 0 Å². The van der Waals surface area contributed by atoms with Crippen LogP contribution in [0, 0.1) is 0 Å². The highest BCUT2D eigenvalue weighted by Crippen LogP contribution is 2.07. The Balaban J connectivity index is 2.04. The second-order valence-electron chi connectivity index (χ2n) is 3.58. The molecular formula is C10H14N2O2. The molecule has 1 fully saturated rings. The number of hydrogen-bond acceptors (Lipinski definition) is 3. The summed E-state index contributed by atoms with van der Waals surface area (Å²) in [4.78, 5) is 13.6. The van der Waals surface area contributed by atoms with E-state index in [0.717, 1.165) is 19.6 Å². The molecule has 1 aromatic heterocycles. The van der Waals surface area contributed by atoms with Gasteiger partial charge in [0.05, 0.1) is 6.26 Å². The molecule has 0 unspecified atom stereocenters. The number of nitrogens with one attached hydrogen (secondary N) is 1. The SMILES string of the molecule is C[C@H]1CN(C(=O)c2ccco2)CCN1. The molecule has 0 saturated carbocycles. The van der Waals surface area contributed by atoms with Crippen molar-refractivity contribution in [1.82, 2.24) is 10.2 Å². The van der Waals surface area contributed by atoms with Gasteiger partial charge in [0.1, 0.15) is 0 Å². The van der Waals surface area contributed by atoms with Gasteiger partial charge in [-0.1, -0.05) is 0 Å². The lowest BCUT2D eigenvalue weighted by molar-refractivity contribution is 0.0677. The van der Waals surface area contributed by atoms with Crippen molar-refractivity contribution in [1.29, 1.82) is 0 Å². The molecule has 0 spiro atoms. The van der Waals surface area contributed by atoms with Crippen molar-refractivity contribution in [2.24, 2.45) is 0 Å². The zero-order valence-corrected chi connectivity index (χ0v) is 8.19. The topological polar surface area (TPSA) is 45.5 Å². The molecule has 2 rings (SSSR count). The normalized spacial score (nSPS) is 22.4. The lowest BCUT2D eigenvalue weighted by atomic mass is 10.2. The highest BCUT2D eigenvalue weighted by molar-refractivity contribution is 5.91. The first-order valence-electron chi connectivity index (χ1n) is 4.83. The molecule has 0 bridgehead atoms. The van der Waals surface area contributed by atoms with Crippen LogP contribution in [0.25, 0.3) is 0 Å². The Kier molecular flexibility index (Phi) is 2.54. The van der Waals surface area contributed by atoms with E-state index in [1.165, 1.54) is 6.26 Å². The molecule has 1 aliphatic heterocycles. The minimum absolute atomic E-state index is 0.0108. The van der Waals surface area contributed by atoms with E-state index in [1.54, 1.807) is 12.1 Å². The van der Waals surface area contributed by atoms with Crippen molar-refractivity contribution >= 4 is 5.91 Å². The number of hydrogen-bond donors (Lipinski definition) is 1. The summed E-state index contributed by atoms with van der Waals surface area (Å²) >= 11 is 0. The third-order valence-electron chi connectivity index (χ3n) is 2.39. The lowest BCUT2D eigenvalue weighted by Crippen LogP contribution is -2.51. The lowest BCUT2D eigenvalue weighted by Gasteiger charge is -2.31. The molecule has 1 amide bonds. The van der Waals surface area contributed by atoms with Crippen molar-refractivity contribution in [3.8, 4) is 0 Å². The highest BCUT2D eigenvalue weighted by atomic mass is 16.3. The van der Waals surface area contributed by atoms with Crippen LogP contribution in [0.15, 0.2) is 22.8 Å². The van der Waals surface area contributed by atoms with Gasteiger partial charge in [-0.15, -0.1) is 0 Å². The van der Waals surface area contributed by atoms with Gasteiger partial charge >= 0.3 is 0 Å². The van der Waals surface area contributed by atoms with Crippen LogP contribution in [0.2, 0.25) is 0 Å². The van der Waals surface area contributed by atoms with Gasteiger partial charge < -0.3 is 14.6 Å². The van der Waals surface area contributed by atoms with E-state index in [-0.39, 0.29) is 5.91 Å². The van der Waals surface area contributed by atoms with E-state index in [1.807, 2.05) is 4.90 Å². The first-order chi connectivity index (χ1) is 6.77. The summed E-state index contributed by atoms with van der Waals surface area (Å²) in [7, 11) is 0. The fourth-order valence-electron chi connectivity index (χ4n) is 1.67. The van der Waals surface area contributed by atoms with Gasteiger partial charge in [0.2, 0.25) is 0 Å². The quantitative estimate of drug-likeness (QED) is 0.716. The summed E-state index contributed by atoms with van der Waals surface area (Å²) in [6, 6.07) is 3.80. The van der Waals surface area contributed by atoms with Gasteiger partial charge in [-0.2, -0.15) is 0 Å². The molecule has 0 aromatic carbocycles. The van der Waals surface area contributed by atoms with Gasteiger partial charge in [0, 0.05) is 25.7 Å². The predicted molar refractivity (Wildman–Crippen MR) is 52.1 cm³/mol. The molecular weight excluding hydrogens is 180 g/mol. The van der Waals surface area contributed by atoms with Crippen LogP contribution in [0.1, 0.15) is 17.5 Å². The summed E-state index contributed by atoms with van der Waals surface area (Å²) in [5.74, 6) is 0.419. The molecule has 2 heterocycles. The number of nitrogens with zero attached hydrogens (tertiary/aromatic N) is 1. The average Bonchev–Trinajstić information content (AvgIpc) is 2.69. The van der Waals surface area contributed by atoms with Gasteiger partial charge in [-0.3, -0.25) is 4.79 Å². The molecule has 76 valence electrons. The van der Waals surface area contributed by atoms with Crippen molar-refractivity contribution in [3.63, 3.8) is 0 Å². The number of carbonyl (C=O) groups is 1. The fourth-order valence-corrected chi connectivity index (χ4v) is 1.67. The van der Waals surface area contributed by atoms with E-state index < -0.39 is 0 Å². The van der Waals surface area contributed by atoms with E-state index in [9.17, 15) is 4.79 Å². The third kappa shape index (κ3) is 1.80. The second-order valence-corrected chi connectivity index (χ2v) is 3.58. The maximum atomic E-state index is 11.8. The standard InChI is InChI=1S/C10H14N2O2/c1-8-7-12(5-4-11-8)10(13)9-3-2-6-14-9/h2-3,6,8,11H,4-5,7H2,1H3/t8-/m0/s1. The van der Waals surface area contributed by atoms with E-state index in [4.69, 9.17) is 4.42 Å². The average molecular weight is 194 g/mol. The first kappa shape index (κ1) is 9.27. The van der Waals surface area contributed by atoms with E-state index in [2.05, 4.69) is 12.2 Å². The number of amides is 1. The van der Waals surface area contributed by atoms with Gasteiger partial charge in [0.25, 0.3) is 5.91 Å². The molecule has 1 N–H and O–H groups in total. The highest BCUT2D eigenvalue weighted by Gasteiger charge is 2.22. The Morgan fingerprint density at radius 1 is 1.71 bits per heavy atom. The van der Waals surface area contributed by atoms with Gasteiger partial charge in [-0.05, 0) is 19.1 Å². The molecule has 14 heavy (non-hydrogen) atoms. The van der Waals surface area contributed by atoms with Crippen LogP contribution < -0.4 is 5.32 Å². The van der Waals surface area contributed by atoms with Gasteiger partial charge in [0.15, 0.2) is 5.76 Å². The summed E-state index contributed by atoms with van der Waals surface area (Å²) < 4.78 is 5.07. The largest absolute Gasteiger partial charge is 0.459 e. The Bertz CT molecular complexity index is 308. The third-order valence-corrected chi connectivity index (χ3v) is 2.39. The van der Waals surface area contributed by atoms with Crippen molar-refractivity contribution < 1.29 is 9.21 Å². The molecule has 1 aromatic rings. The molecule has 0 radical (unpaired) electrons. The molecule has 1 aliphatic rings. The summed E-state index contributed by atoms with van der Waals surface area (Å²) in [6.07, 6.45) is 1.53. The van der Waals surface area contributed by atoms with Crippen molar-refractivity contribution in [2.45, 2.75) is 13.0 Å². The number of piperazine rings is 1. The maximum Gasteiger partial charge on any atom is 0.289 e. The van der Waals surface area contributed by atoms with Crippen LogP contribution in [-0.2, 0) is 0 Å². The molecule has 0 aliphatic carbocycles. The van der Waals surface area contributed by atoms with Crippen LogP contribution in [-0.4, -0.2) is 36.5 Å². The molecule has 1 saturated heterocycles. The van der Waals surface area contributed by atoms with E-state index in [0.29, 0.717) is 11.8 Å². The van der Waals surface area contributed by atoms with E-state index >= 15 is 0 Å². The summed E-state index contributed by atoms with van der Waals surface area (Å²) in [5, 5.41) is 3.29. The number of rotatable bonds is 1. The van der Waals surface area contributed by atoms with Crippen LogP contribution >= 0.6 is 0 Å². The molecule has 1 atom stereocenters.